The van der Waals surface area contributed by atoms with Crippen LogP contribution in [-0.2, 0) is 20.8 Å². The number of hydrogen-bond donors (Lipinski definition) is 3. The molecule has 0 atom stereocenters. The Morgan fingerprint density at radius 1 is 1.03 bits per heavy atom. The average molecular weight is 669 g/mol. The highest BCUT2D eigenvalue weighted by molar-refractivity contribution is 14.1. The normalized spacial score (nSPS) is 10.6. The molecule has 38 heavy (non-hydrogen) atoms. The Labute approximate surface area is 243 Å². The summed E-state index contributed by atoms with van der Waals surface area (Å²) < 4.78 is 11.7. The van der Waals surface area contributed by atoms with Gasteiger partial charge in [-0.3, -0.25) is 14.4 Å². The summed E-state index contributed by atoms with van der Waals surface area (Å²) >= 11 is 14.1. The fourth-order valence-corrected chi connectivity index (χ4v) is 4.27. The molecule has 3 N–H and O–H groups in total. The highest BCUT2D eigenvalue weighted by Crippen LogP contribution is 2.34. The highest BCUT2D eigenvalue weighted by atomic mass is 127. The number of nitrogens with zero attached hydrogens (tertiary/aromatic N) is 1. The molecule has 0 bridgehead atoms. The number of nitrogens with one attached hydrogen (secondary N) is 3. The lowest BCUT2D eigenvalue weighted by atomic mass is 10.1. The van der Waals surface area contributed by atoms with Crippen LogP contribution in [0.25, 0.3) is 0 Å². The van der Waals surface area contributed by atoms with Crippen molar-refractivity contribution in [3.8, 4) is 11.5 Å². The number of methoxy groups -OCH3 is 1. The first-order chi connectivity index (χ1) is 18.3. The van der Waals surface area contributed by atoms with Gasteiger partial charge in [0.15, 0.2) is 18.1 Å². The minimum Gasteiger partial charge on any atom is -0.493 e. The van der Waals surface area contributed by atoms with Crippen molar-refractivity contribution in [2.24, 2.45) is 5.10 Å². The smallest absolute Gasteiger partial charge is 0.329 e. The first-order valence-electron chi connectivity index (χ1n) is 11.2. The summed E-state index contributed by atoms with van der Waals surface area (Å²) in [4.78, 5) is 36.3. The van der Waals surface area contributed by atoms with Gasteiger partial charge in [-0.2, -0.15) is 5.10 Å². The molecule has 0 radical (unpaired) electrons. The Bertz CT molecular complexity index is 1340. The van der Waals surface area contributed by atoms with E-state index in [-0.39, 0.29) is 11.6 Å². The molecule has 0 saturated carbocycles. The van der Waals surface area contributed by atoms with E-state index in [0.717, 1.165) is 5.56 Å². The van der Waals surface area contributed by atoms with Crippen molar-refractivity contribution in [3.05, 3.63) is 85.4 Å². The summed E-state index contributed by atoms with van der Waals surface area (Å²) in [6.07, 6.45) is 1.96. The molecule has 198 valence electrons. The zero-order chi connectivity index (χ0) is 27.5. The largest absolute Gasteiger partial charge is 0.493 e. The van der Waals surface area contributed by atoms with Crippen LogP contribution in [0.3, 0.4) is 0 Å². The first kappa shape index (κ1) is 29.2. The van der Waals surface area contributed by atoms with E-state index >= 15 is 0 Å². The predicted octanol–water partition coefficient (Wildman–Crippen LogP) is 4.43. The molecule has 0 unspecified atom stereocenters. The number of halogens is 3. The molecule has 0 aliphatic carbocycles. The summed E-state index contributed by atoms with van der Waals surface area (Å²) in [5.41, 5.74) is 4.18. The second kappa shape index (κ2) is 14.6. The highest BCUT2D eigenvalue weighted by Gasteiger charge is 2.15. The van der Waals surface area contributed by atoms with Gasteiger partial charge in [0.1, 0.15) is 0 Å². The van der Waals surface area contributed by atoms with Gasteiger partial charge in [0.05, 0.1) is 32.6 Å². The Morgan fingerprint density at radius 2 is 1.79 bits per heavy atom. The van der Waals surface area contributed by atoms with Gasteiger partial charge in [-0.05, 0) is 64.4 Å². The van der Waals surface area contributed by atoms with Gasteiger partial charge in [0, 0.05) is 6.54 Å². The van der Waals surface area contributed by atoms with Crippen molar-refractivity contribution in [1.82, 2.24) is 10.7 Å². The first-order valence-corrected chi connectivity index (χ1v) is 13.0. The lowest BCUT2D eigenvalue weighted by Gasteiger charge is -2.14. The van der Waals surface area contributed by atoms with Crippen molar-refractivity contribution < 1.29 is 23.9 Å². The van der Waals surface area contributed by atoms with Crippen LogP contribution in [-0.4, -0.2) is 44.2 Å². The SMILES string of the molecule is COc1cc(/C=N\NC(=O)C(=O)NCCc2ccccc2)cc(I)c1OCC(=O)Nc1cccc(Cl)c1Cl. The van der Waals surface area contributed by atoms with Crippen LogP contribution in [0.4, 0.5) is 5.69 Å². The Hall–Kier alpha value is -3.35. The van der Waals surface area contributed by atoms with Gasteiger partial charge in [-0.25, -0.2) is 5.43 Å². The number of amides is 3. The summed E-state index contributed by atoms with van der Waals surface area (Å²) in [6, 6.07) is 17.8. The third-order valence-electron chi connectivity index (χ3n) is 4.95. The summed E-state index contributed by atoms with van der Waals surface area (Å²) in [6.45, 7) is 0.0130. The number of ether oxygens (including phenoxy) is 2. The molecule has 3 amide bonds. The number of carbonyl (C=O) groups is 3. The summed E-state index contributed by atoms with van der Waals surface area (Å²) in [5.74, 6) is -1.42. The van der Waals surface area contributed by atoms with Gasteiger partial charge >= 0.3 is 11.8 Å². The van der Waals surface area contributed by atoms with Gasteiger partial charge in [0.2, 0.25) is 0 Å². The third-order valence-corrected chi connectivity index (χ3v) is 6.57. The zero-order valence-corrected chi connectivity index (χ0v) is 23.8. The predicted molar refractivity (Wildman–Crippen MR) is 155 cm³/mol. The maximum absolute atomic E-state index is 12.4. The van der Waals surface area contributed by atoms with Gasteiger partial charge in [-0.15, -0.1) is 0 Å². The lowest BCUT2D eigenvalue weighted by molar-refractivity contribution is -0.139. The van der Waals surface area contributed by atoms with E-state index < -0.39 is 17.7 Å². The van der Waals surface area contributed by atoms with Crippen molar-refractivity contribution in [2.45, 2.75) is 6.42 Å². The lowest BCUT2D eigenvalue weighted by Crippen LogP contribution is -2.38. The van der Waals surface area contributed by atoms with Crippen molar-refractivity contribution >= 4 is 75.4 Å². The topological polar surface area (TPSA) is 118 Å². The van der Waals surface area contributed by atoms with E-state index in [4.69, 9.17) is 32.7 Å². The number of rotatable bonds is 10. The van der Waals surface area contributed by atoms with Crippen LogP contribution in [0.5, 0.6) is 11.5 Å². The number of benzene rings is 3. The number of hydrazone groups is 1. The van der Waals surface area contributed by atoms with Crippen LogP contribution in [0, 0.1) is 3.57 Å². The standard InChI is InChI=1S/C26H23Cl2IN4O5/c1-37-21-13-17(14-31-33-26(36)25(35)30-11-10-16-6-3-2-4-7-16)12-19(29)24(21)38-15-22(34)32-20-9-5-8-18(27)23(20)28/h2-9,12-14H,10-11,15H2,1H3,(H,30,35)(H,32,34)(H,33,36)/b31-14-. The Morgan fingerprint density at radius 3 is 2.53 bits per heavy atom. The fraction of sp³-hybridized carbons (Fsp3) is 0.154. The molecule has 12 heteroatoms. The van der Waals surface area contributed by atoms with E-state index in [1.807, 2.05) is 52.9 Å². The molecule has 3 aromatic carbocycles. The number of hydrogen-bond acceptors (Lipinski definition) is 6. The molecule has 0 heterocycles. The van der Waals surface area contributed by atoms with Gasteiger partial charge in [0.25, 0.3) is 5.91 Å². The molecule has 0 aliphatic heterocycles. The van der Waals surface area contributed by atoms with Crippen LogP contribution >= 0.6 is 45.8 Å². The average Bonchev–Trinajstić information content (AvgIpc) is 2.90. The van der Waals surface area contributed by atoms with E-state index in [0.29, 0.717) is 44.3 Å². The van der Waals surface area contributed by atoms with Crippen LogP contribution in [0.1, 0.15) is 11.1 Å². The Kier molecular flexibility index (Phi) is 11.2. The van der Waals surface area contributed by atoms with Crippen molar-refractivity contribution in [2.75, 3.05) is 25.6 Å². The molecule has 0 fully saturated rings. The molecule has 9 nitrogen and oxygen atoms in total. The molecule has 0 aliphatic rings. The van der Waals surface area contributed by atoms with Crippen molar-refractivity contribution in [1.29, 1.82) is 0 Å². The third kappa shape index (κ3) is 8.61. The van der Waals surface area contributed by atoms with E-state index in [1.54, 1.807) is 30.3 Å². The second-order valence-corrected chi connectivity index (χ2v) is 9.61. The second-order valence-electron chi connectivity index (χ2n) is 7.66. The minimum absolute atomic E-state index is 0.232. The van der Waals surface area contributed by atoms with E-state index in [1.165, 1.54) is 13.3 Å². The van der Waals surface area contributed by atoms with Gasteiger partial charge < -0.3 is 20.1 Å². The van der Waals surface area contributed by atoms with E-state index in [2.05, 4.69) is 21.2 Å². The summed E-state index contributed by atoms with van der Waals surface area (Å²) in [7, 11) is 1.45. The molecule has 0 spiro atoms. The quantitative estimate of drug-likeness (QED) is 0.128. The maximum atomic E-state index is 12.4. The molecule has 0 saturated heterocycles. The molecular weight excluding hydrogens is 646 g/mol. The molecule has 3 rings (SSSR count). The molecule has 0 aromatic heterocycles. The number of anilines is 1. The van der Waals surface area contributed by atoms with Crippen LogP contribution < -0.4 is 25.5 Å². The number of carbonyl (C=O) groups excluding carboxylic acids is 3. The maximum Gasteiger partial charge on any atom is 0.329 e. The fourth-order valence-electron chi connectivity index (χ4n) is 3.14. The van der Waals surface area contributed by atoms with Crippen LogP contribution in [0.15, 0.2) is 65.8 Å². The van der Waals surface area contributed by atoms with Gasteiger partial charge in [-0.1, -0.05) is 59.6 Å². The molecule has 3 aromatic rings. The molecular formula is C26H23Cl2IN4O5. The zero-order valence-electron chi connectivity index (χ0n) is 20.1. The van der Waals surface area contributed by atoms with E-state index in [9.17, 15) is 14.4 Å². The Balaban J connectivity index is 1.52. The van der Waals surface area contributed by atoms with Crippen LogP contribution in [0.2, 0.25) is 10.0 Å². The minimum atomic E-state index is -0.887. The van der Waals surface area contributed by atoms with Crippen molar-refractivity contribution in [3.63, 3.8) is 0 Å². The summed E-state index contributed by atoms with van der Waals surface area (Å²) in [5, 5.41) is 9.58. The monoisotopic (exact) mass is 668 g/mol.